The summed E-state index contributed by atoms with van der Waals surface area (Å²) < 4.78 is 26.1. The molecule has 0 bridgehead atoms. The summed E-state index contributed by atoms with van der Waals surface area (Å²) in [6.07, 6.45) is 2.58. The molecule has 1 rings (SSSR count). The lowest BCUT2D eigenvalue weighted by Crippen LogP contribution is -2.13. The van der Waals surface area contributed by atoms with Crippen LogP contribution < -0.4 is 0 Å². The largest absolute Gasteiger partial charge is 0.386 e. The summed E-state index contributed by atoms with van der Waals surface area (Å²) in [5.74, 6) is -1.27. The van der Waals surface area contributed by atoms with E-state index in [0.717, 1.165) is 0 Å². The monoisotopic (exact) mass is 198 g/mol. The van der Waals surface area contributed by atoms with Gasteiger partial charge in [-0.1, -0.05) is 18.2 Å². The number of halogens is 2. The number of hydrogen-bond acceptors (Lipinski definition) is 1. The van der Waals surface area contributed by atoms with E-state index in [1.807, 2.05) is 0 Å². The fourth-order valence-corrected chi connectivity index (χ4v) is 0.957. The molecule has 76 valence electrons. The summed E-state index contributed by atoms with van der Waals surface area (Å²) in [6, 6.07) is 3.65. The molecule has 0 heterocycles. The van der Waals surface area contributed by atoms with Crippen molar-refractivity contribution in [2.75, 3.05) is 0 Å². The van der Waals surface area contributed by atoms with Gasteiger partial charge in [0.1, 0.15) is 11.6 Å². The van der Waals surface area contributed by atoms with Gasteiger partial charge in [0.25, 0.3) is 0 Å². The molecule has 1 N–H and O–H groups in total. The van der Waals surface area contributed by atoms with Crippen LogP contribution in [-0.4, -0.2) is 10.7 Å². The molecule has 1 aromatic carbocycles. The van der Waals surface area contributed by atoms with Crippen LogP contribution in [0.15, 0.2) is 24.3 Å². The molecule has 0 atom stereocenters. The number of aliphatic hydroxyl groups is 1. The van der Waals surface area contributed by atoms with Crippen LogP contribution in [0.5, 0.6) is 0 Å². The molecule has 0 radical (unpaired) electrons. The molecule has 0 aliphatic carbocycles. The quantitative estimate of drug-likeness (QED) is 0.774. The zero-order valence-electron chi connectivity index (χ0n) is 8.09. The van der Waals surface area contributed by atoms with Gasteiger partial charge in [-0.15, -0.1) is 0 Å². The summed E-state index contributed by atoms with van der Waals surface area (Å²) in [7, 11) is 0. The van der Waals surface area contributed by atoms with E-state index in [2.05, 4.69) is 0 Å². The maximum Gasteiger partial charge on any atom is 0.133 e. The van der Waals surface area contributed by atoms with Gasteiger partial charge in [-0.25, -0.2) is 8.78 Å². The van der Waals surface area contributed by atoms with Crippen molar-refractivity contribution in [3.63, 3.8) is 0 Å². The fraction of sp³-hybridized carbons (Fsp3) is 0.273. The second kappa shape index (κ2) is 3.88. The van der Waals surface area contributed by atoms with Crippen molar-refractivity contribution >= 4 is 6.08 Å². The number of hydrogen-bond donors (Lipinski definition) is 1. The third-order valence-electron chi connectivity index (χ3n) is 1.66. The Labute approximate surface area is 81.7 Å². The molecule has 0 aliphatic rings. The first-order valence-corrected chi connectivity index (χ1v) is 4.26. The summed E-state index contributed by atoms with van der Waals surface area (Å²) >= 11 is 0. The third kappa shape index (κ3) is 2.92. The Bertz CT molecular complexity index is 331. The highest BCUT2D eigenvalue weighted by Crippen LogP contribution is 2.15. The summed E-state index contributed by atoms with van der Waals surface area (Å²) in [5.41, 5.74) is -1.20. The molecule has 0 aromatic heterocycles. The Kier molecular flexibility index (Phi) is 3.01. The van der Waals surface area contributed by atoms with Gasteiger partial charge in [0, 0.05) is 5.56 Å². The van der Waals surface area contributed by atoms with Gasteiger partial charge in [0.15, 0.2) is 0 Å². The van der Waals surface area contributed by atoms with E-state index >= 15 is 0 Å². The SMILES string of the molecule is CC(C)(O)/C=C/c1c(F)cccc1F. The minimum Gasteiger partial charge on any atom is -0.386 e. The molecule has 1 nitrogen and oxygen atoms in total. The zero-order chi connectivity index (χ0) is 10.8. The zero-order valence-corrected chi connectivity index (χ0v) is 8.09. The molecular formula is C11H12F2O. The van der Waals surface area contributed by atoms with E-state index < -0.39 is 17.2 Å². The lowest BCUT2D eigenvalue weighted by atomic mass is 10.1. The minimum atomic E-state index is -1.07. The standard InChI is InChI=1S/C11H12F2O/c1-11(2,14)7-6-8-9(12)4-3-5-10(8)13/h3-7,14H,1-2H3/b7-6+. The van der Waals surface area contributed by atoms with E-state index in [0.29, 0.717) is 0 Å². The summed E-state index contributed by atoms with van der Waals surface area (Å²) in [6.45, 7) is 3.06. The van der Waals surface area contributed by atoms with E-state index in [4.69, 9.17) is 0 Å². The highest BCUT2D eigenvalue weighted by molar-refractivity contribution is 5.51. The molecule has 0 amide bonds. The lowest BCUT2D eigenvalue weighted by Gasteiger charge is -2.10. The van der Waals surface area contributed by atoms with Crippen molar-refractivity contribution in [2.45, 2.75) is 19.4 Å². The molecule has 0 fully saturated rings. The van der Waals surface area contributed by atoms with Gasteiger partial charge in [0.2, 0.25) is 0 Å². The van der Waals surface area contributed by atoms with Crippen LogP contribution in [0.2, 0.25) is 0 Å². The molecule has 0 saturated carbocycles. The normalized spacial score (nSPS) is 12.4. The van der Waals surface area contributed by atoms with Crippen LogP contribution in [0.1, 0.15) is 19.4 Å². The van der Waals surface area contributed by atoms with Crippen LogP contribution >= 0.6 is 0 Å². The molecule has 14 heavy (non-hydrogen) atoms. The smallest absolute Gasteiger partial charge is 0.133 e. The molecule has 0 aliphatic heterocycles. The molecule has 0 unspecified atom stereocenters. The van der Waals surface area contributed by atoms with Crippen LogP contribution in [0.25, 0.3) is 6.08 Å². The van der Waals surface area contributed by atoms with Crippen molar-refractivity contribution in [1.29, 1.82) is 0 Å². The average molecular weight is 198 g/mol. The van der Waals surface area contributed by atoms with E-state index in [9.17, 15) is 13.9 Å². The van der Waals surface area contributed by atoms with Crippen LogP contribution in [0.3, 0.4) is 0 Å². The third-order valence-corrected chi connectivity index (χ3v) is 1.66. The van der Waals surface area contributed by atoms with Crippen molar-refractivity contribution in [3.8, 4) is 0 Å². The maximum atomic E-state index is 13.1. The first-order chi connectivity index (χ1) is 6.40. The first kappa shape index (κ1) is 10.9. The van der Waals surface area contributed by atoms with Gasteiger partial charge < -0.3 is 5.11 Å². The highest BCUT2D eigenvalue weighted by Gasteiger charge is 2.09. The van der Waals surface area contributed by atoms with Gasteiger partial charge in [-0.2, -0.15) is 0 Å². The Morgan fingerprint density at radius 3 is 2.14 bits per heavy atom. The predicted octanol–water partition coefficient (Wildman–Crippen LogP) is 2.75. The van der Waals surface area contributed by atoms with E-state index in [1.54, 1.807) is 0 Å². The lowest BCUT2D eigenvalue weighted by molar-refractivity contribution is 0.134. The van der Waals surface area contributed by atoms with Crippen molar-refractivity contribution in [2.24, 2.45) is 0 Å². The predicted molar refractivity (Wildman–Crippen MR) is 51.7 cm³/mol. The Hall–Kier alpha value is -1.22. The average Bonchev–Trinajstić information content (AvgIpc) is 2.01. The number of rotatable bonds is 2. The summed E-state index contributed by atoms with van der Waals surface area (Å²) in [4.78, 5) is 0. The Morgan fingerprint density at radius 2 is 1.71 bits per heavy atom. The fourth-order valence-electron chi connectivity index (χ4n) is 0.957. The Balaban J connectivity index is 3.03. The second-order valence-electron chi connectivity index (χ2n) is 3.62. The molecular weight excluding hydrogens is 186 g/mol. The van der Waals surface area contributed by atoms with Crippen molar-refractivity contribution in [1.82, 2.24) is 0 Å². The molecule has 1 aromatic rings. The van der Waals surface area contributed by atoms with Gasteiger partial charge in [-0.3, -0.25) is 0 Å². The first-order valence-electron chi connectivity index (χ1n) is 4.26. The highest BCUT2D eigenvalue weighted by atomic mass is 19.1. The minimum absolute atomic E-state index is 0.130. The van der Waals surface area contributed by atoms with Crippen molar-refractivity contribution in [3.05, 3.63) is 41.5 Å². The van der Waals surface area contributed by atoms with Gasteiger partial charge in [0.05, 0.1) is 5.60 Å². The van der Waals surface area contributed by atoms with Gasteiger partial charge in [-0.05, 0) is 26.0 Å². The molecule has 0 spiro atoms. The van der Waals surface area contributed by atoms with Gasteiger partial charge >= 0.3 is 0 Å². The molecule has 0 saturated heterocycles. The molecule has 3 heteroatoms. The van der Waals surface area contributed by atoms with Crippen LogP contribution in [0, 0.1) is 11.6 Å². The van der Waals surface area contributed by atoms with E-state index in [-0.39, 0.29) is 5.56 Å². The van der Waals surface area contributed by atoms with Crippen LogP contribution in [0.4, 0.5) is 8.78 Å². The topological polar surface area (TPSA) is 20.2 Å². The van der Waals surface area contributed by atoms with Crippen LogP contribution in [-0.2, 0) is 0 Å². The Morgan fingerprint density at radius 1 is 1.21 bits per heavy atom. The second-order valence-corrected chi connectivity index (χ2v) is 3.62. The summed E-state index contributed by atoms with van der Waals surface area (Å²) in [5, 5.41) is 9.33. The maximum absolute atomic E-state index is 13.1. The number of benzene rings is 1. The van der Waals surface area contributed by atoms with E-state index in [1.165, 1.54) is 44.2 Å². The van der Waals surface area contributed by atoms with Crippen molar-refractivity contribution < 1.29 is 13.9 Å².